The van der Waals surface area contributed by atoms with E-state index in [4.69, 9.17) is 9.97 Å². The number of anilines is 2. The molecule has 5 heteroatoms. The van der Waals surface area contributed by atoms with Crippen molar-refractivity contribution in [3.63, 3.8) is 0 Å². The van der Waals surface area contributed by atoms with Crippen molar-refractivity contribution < 1.29 is 0 Å². The third-order valence-electron chi connectivity index (χ3n) is 6.82. The van der Waals surface area contributed by atoms with Crippen LogP contribution in [0.1, 0.15) is 57.8 Å². The molecule has 0 atom stereocenters. The van der Waals surface area contributed by atoms with Crippen molar-refractivity contribution in [2.75, 3.05) is 36.4 Å². The fraction of sp³-hybridized carbons (Fsp3) is 0.652. The van der Waals surface area contributed by atoms with Gasteiger partial charge in [0.05, 0.1) is 11.6 Å². The van der Waals surface area contributed by atoms with Gasteiger partial charge >= 0.3 is 0 Å². The minimum Gasteiger partial charge on any atom is -0.356 e. The van der Waals surface area contributed by atoms with E-state index in [1.54, 1.807) is 0 Å². The van der Waals surface area contributed by atoms with Crippen LogP contribution in [0.15, 0.2) is 24.3 Å². The number of fused-ring (bicyclic) bond motifs is 1. The molecular formula is C23H33N5. The first-order valence-corrected chi connectivity index (χ1v) is 11.4. The van der Waals surface area contributed by atoms with Gasteiger partial charge < -0.3 is 10.2 Å². The van der Waals surface area contributed by atoms with Crippen LogP contribution in [-0.4, -0.2) is 53.1 Å². The molecule has 150 valence electrons. The lowest BCUT2D eigenvalue weighted by molar-refractivity contribution is 0.0785. The van der Waals surface area contributed by atoms with Crippen LogP contribution in [0.5, 0.6) is 0 Å². The molecule has 3 fully saturated rings. The largest absolute Gasteiger partial charge is 0.356 e. The molecule has 3 aliphatic rings. The van der Waals surface area contributed by atoms with E-state index in [-0.39, 0.29) is 0 Å². The molecule has 0 unspecified atom stereocenters. The average molecular weight is 380 g/mol. The highest BCUT2D eigenvalue weighted by atomic mass is 15.3. The van der Waals surface area contributed by atoms with Gasteiger partial charge in [-0.1, -0.05) is 44.2 Å². The van der Waals surface area contributed by atoms with Crippen LogP contribution in [0.4, 0.5) is 11.8 Å². The van der Waals surface area contributed by atoms with Gasteiger partial charge in [0.1, 0.15) is 5.82 Å². The van der Waals surface area contributed by atoms with E-state index in [0.717, 1.165) is 49.5 Å². The van der Waals surface area contributed by atoms with Crippen molar-refractivity contribution in [3.8, 4) is 0 Å². The summed E-state index contributed by atoms with van der Waals surface area (Å²) in [6, 6.07) is 9.79. The van der Waals surface area contributed by atoms with Gasteiger partial charge in [-0.25, -0.2) is 4.98 Å². The molecule has 28 heavy (non-hydrogen) atoms. The van der Waals surface area contributed by atoms with E-state index in [2.05, 4.69) is 39.4 Å². The molecular weight excluding hydrogens is 346 g/mol. The van der Waals surface area contributed by atoms with Crippen molar-refractivity contribution in [2.24, 2.45) is 0 Å². The number of nitrogens with one attached hydrogen (secondary N) is 1. The minimum absolute atomic E-state index is 0.486. The standard InChI is InChI=1S/C23H33N5/c1-2-9-15-27(14-8-1)22-20-12-6-7-13-21(20)25-23(26-22)24-18-16-28(17-18)19-10-4-3-5-11-19/h6-7,12-13,18-19H,1-5,8-11,14-17H2,(H,24,25,26). The minimum atomic E-state index is 0.486. The highest BCUT2D eigenvalue weighted by molar-refractivity contribution is 5.90. The van der Waals surface area contributed by atoms with E-state index in [1.807, 2.05) is 0 Å². The van der Waals surface area contributed by atoms with Gasteiger partial charge in [0.15, 0.2) is 0 Å². The number of likely N-dealkylation sites (tertiary alicyclic amines) is 1. The molecule has 1 saturated carbocycles. The number of nitrogens with zero attached hydrogens (tertiary/aromatic N) is 4. The molecule has 0 bridgehead atoms. The number of aromatic nitrogens is 2. The van der Waals surface area contributed by atoms with Crippen LogP contribution in [0.3, 0.4) is 0 Å². The molecule has 5 rings (SSSR count). The summed E-state index contributed by atoms with van der Waals surface area (Å²) >= 11 is 0. The average Bonchev–Trinajstić information content (AvgIpc) is 3.00. The Morgan fingerprint density at radius 2 is 1.54 bits per heavy atom. The highest BCUT2D eigenvalue weighted by Gasteiger charge is 2.33. The van der Waals surface area contributed by atoms with Crippen LogP contribution >= 0.6 is 0 Å². The van der Waals surface area contributed by atoms with Crippen molar-refractivity contribution in [2.45, 2.75) is 69.9 Å². The molecule has 3 heterocycles. The Morgan fingerprint density at radius 3 is 2.32 bits per heavy atom. The van der Waals surface area contributed by atoms with Crippen LogP contribution < -0.4 is 10.2 Å². The van der Waals surface area contributed by atoms with E-state index in [9.17, 15) is 0 Å². The Hall–Kier alpha value is -1.88. The van der Waals surface area contributed by atoms with Gasteiger partial charge in [-0.2, -0.15) is 4.98 Å². The quantitative estimate of drug-likeness (QED) is 0.851. The van der Waals surface area contributed by atoms with Gasteiger partial charge in [-0.15, -0.1) is 0 Å². The van der Waals surface area contributed by atoms with Crippen molar-refractivity contribution >= 4 is 22.7 Å². The predicted molar refractivity (Wildman–Crippen MR) is 116 cm³/mol. The Bertz CT molecular complexity index is 787. The summed E-state index contributed by atoms with van der Waals surface area (Å²) in [5.41, 5.74) is 1.06. The van der Waals surface area contributed by atoms with Gasteiger partial charge in [-0.3, -0.25) is 4.90 Å². The Kier molecular flexibility index (Phi) is 5.34. The summed E-state index contributed by atoms with van der Waals surface area (Å²) in [4.78, 5) is 15.0. The van der Waals surface area contributed by atoms with Crippen molar-refractivity contribution in [1.29, 1.82) is 0 Å². The number of para-hydroxylation sites is 1. The highest BCUT2D eigenvalue weighted by Crippen LogP contribution is 2.30. The molecule has 2 aromatic rings. The predicted octanol–water partition coefficient (Wildman–Crippen LogP) is 4.44. The molecule has 0 radical (unpaired) electrons. The number of hydrogen-bond acceptors (Lipinski definition) is 5. The molecule has 2 saturated heterocycles. The first kappa shape index (κ1) is 18.2. The van der Waals surface area contributed by atoms with Crippen LogP contribution in [0.25, 0.3) is 10.9 Å². The summed E-state index contributed by atoms with van der Waals surface area (Å²) in [6.45, 7) is 4.50. The lowest BCUT2D eigenvalue weighted by atomic mass is 9.91. The zero-order chi connectivity index (χ0) is 18.8. The Labute approximate surface area is 168 Å². The molecule has 0 amide bonds. The van der Waals surface area contributed by atoms with Crippen LogP contribution in [0.2, 0.25) is 0 Å². The topological polar surface area (TPSA) is 44.3 Å². The maximum Gasteiger partial charge on any atom is 0.225 e. The maximum absolute atomic E-state index is 5.01. The van der Waals surface area contributed by atoms with Gasteiger partial charge in [0.2, 0.25) is 5.95 Å². The molecule has 2 aliphatic heterocycles. The van der Waals surface area contributed by atoms with Gasteiger partial charge in [0.25, 0.3) is 0 Å². The first-order valence-electron chi connectivity index (χ1n) is 11.4. The normalized spacial score (nSPS) is 22.8. The lowest BCUT2D eigenvalue weighted by Gasteiger charge is -2.45. The van der Waals surface area contributed by atoms with E-state index < -0.39 is 0 Å². The number of benzene rings is 1. The second kappa shape index (κ2) is 8.24. The third kappa shape index (κ3) is 3.82. The van der Waals surface area contributed by atoms with E-state index >= 15 is 0 Å². The van der Waals surface area contributed by atoms with E-state index in [1.165, 1.54) is 63.2 Å². The zero-order valence-corrected chi connectivity index (χ0v) is 16.9. The summed E-state index contributed by atoms with van der Waals surface area (Å²) in [5, 5.41) is 4.83. The Morgan fingerprint density at radius 1 is 0.821 bits per heavy atom. The smallest absolute Gasteiger partial charge is 0.225 e. The van der Waals surface area contributed by atoms with E-state index in [0.29, 0.717) is 6.04 Å². The van der Waals surface area contributed by atoms with Crippen molar-refractivity contribution in [1.82, 2.24) is 14.9 Å². The third-order valence-corrected chi connectivity index (χ3v) is 6.82. The van der Waals surface area contributed by atoms with Crippen LogP contribution in [0, 0.1) is 0 Å². The lowest BCUT2D eigenvalue weighted by Crippen LogP contribution is -2.59. The SMILES string of the molecule is c1ccc2c(N3CCCCCC3)nc(NC3CN(C4CCCCC4)C3)nc2c1. The molecule has 1 N–H and O–H groups in total. The zero-order valence-electron chi connectivity index (χ0n) is 16.9. The number of rotatable bonds is 4. The molecule has 1 aliphatic carbocycles. The second-order valence-corrected chi connectivity index (χ2v) is 8.88. The summed E-state index contributed by atoms with van der Waals surface area (Å²) < 4.78 is 0. The van der Waals surface area contributed by atoms with Crippen molar-refractivity contribution in [3.05, 3.63) is 24.3 Å². The second-order valence-electron chi connectivity index (χ2n) is 8.88. The molecule has 5 nitrogen and oxygen atoms in total. The Balaban J connectivity index is 1.32. The van der Waals surface area contributed by atoms with Crippen LogP contribution in [-0.2, 0) is 0 Å². The first-order chi connectivity index (χ1) is 13.9. The molecule has 1 aromatic heterocycles. The molecule has 1 aromatic carbocycles. The van der Waals surface area contributed by atoms with Gasteiger partial charge in [0, 0.05) is 37.6 Å². The number of hydrogen-bond donors (Lipinski definition) is 1. The van der Waals surface area contributed by atoms with Gasteiger partial charge in [-0.05, 0) is 37.8 Å². The summed E-state index contributed by atoms with van der Waals surface area (Å²) in [6.07, 6.45) is 12.2. The monoisotopic (exact) mass is 379 g/mol. The summed E-state index contributed by atoms with van der Waals surface area (Å²) in [7, 11) is 0. The fourth-order valence-electron chi connectivity index (χ4n) is 5.18. The molecule has 0 spiro atoms. The summed E-state index contributed by atoms with van der Waals surface area (Å²) in [5.74, 6) is 1.93. The fourth-order valence-corrected chi connectivity index (χ4v) is 5.18. The maximum atomic E-state index is 5.01.